The Bertz CT molecular complexity index is 998. The smallest absolute Gasteiger partial charge is 0.255 e. The van der Waals surface area contributed by atoms with Gasteiger partial charge in [-0.2, -0.15) is 5.26 Å². The summed E-state index contributed by atoms with van der Waals surface area (Å²) in [6, 6.07) is 16.3. The van der Waals surface area contributed by atoms with Crippen LogP contribution in [0.2, 0.25) is 0 Å². The maximum atomic E-state index is 13.3. The van der Waals surface area contributed by atoms with Gasteiger partial charge < -0.3 is 15.4 Å². The van der Waals surface area contributed by atoms with Gasteiger partial charge in [0.1, 0.15) is 0 Å². The Morgan fingerprint density at radius 3 is 2.53 bits per heavy atom. The highest BCUT2D eigenvalue weighted by atomic mass is 16.5. The molecule has 166 valence electrons. The van der Waals surface area contributed by atoms with Gasteiger partial charge in [-0.15, -0.1) is 0 Å². The molecule has 0 aromatic heterocycles. The Hall–Kier alpha value is -3.17. The van der Waals surface area contributed by atoms with Crippen molar-refractivity contribution in [2.75, 3.05) is 18.5 Å². The first kappa shape index (κ1) is 22.0. The first-order chi connectivity index (χ1) is 15.6. The van der Waals surface area contributed by atoms with Crippen LogP contribution >= 0.6 is 0 Å². The van der Waals surface area contributed by atoms with E-state index in [2.05, 4.69) is 10.6 Å². The fourth-order valence-corrected chi connectivity index (χ4v) is 4.79. The topological polar surface area (TPSA) is 91.2 Å². The van der Waals surface area contributed by atoms with E-state index in [-0.39, 0.29) is 17.9 Å². The Morgan fingerprint density at radius 1 is 1.06 bits per heavy atom. The van der Waals surface area contributed by atoms with Crippen LogP contribution in [-0.2, 0) is 14.9 Å². The second-order valence-corrected chi connectivity index (χ2v) is 8.71. The van der Waals surface area contributed by atoms with Crippen LogP contribution in [0.3, 0.4) is 0 Å². The summed E-state index contributed by atoms with van der Waals surface area (Å²) < 4.78 is 5.66. The minimum absolute atomic E-state index is 0.0813. The van der Waals surface area contributed by atoms with Crippen molar-refractivity contribution in [2.24, 2.45) is 0 Å². The molecule has 1 aliphatic heterocycles. The van der Waals surface area contributed by atoms with Gasteiger partial charge in [-0.25, -0.2) is 0 Å². The zero-order valence-corrected chi connectivity index (χ0v) is 18.2. The van der Waals surface area contributed by atoms with Crippen LogP contribution < -0.4 is 10.6 Å². The number of nitrogens with one attached hydrogen (secondary N) is 2. The number of rotatable bonds is 6. The molecule has 1 aliphatic carbocycles. The molecule has 0 spiro atoms. The van der Waals surface area contributed by atoms with Crippen LogP contribution in [0.25, 0.3) is 0 Å². The molecule has 4 rings (SSSR count). The predicted octanol–water partition coefficient (Wildman–Crippen LogP) is 4.31. The third kappa shape index (κ3) is 4.84. The molecule has 32 heavy (non-hydrogen) atoms. The van der Waals surface area contributed by atoms with E-state index in [9.17, 15) is 9.59 Å². The number of benzene rings is 2. The Morgan fingerprint density at radius 2 is 1.84 bits per heavy atom. The molecule has 2 aromatic carbocycles. The summed E-state index contributed by atoms with van der Waals surface area (Å²) in [6.45, 7) is 1.34. The standard InChI is InChI=1S/C26H29N3O3/c27-17-19-6-4-7-20(16-19)24(30)29-22-11-9-21(10-12-22)26(13-2-1-3-14-26)25(31)28-18-23-8-5-15-32-23/h4,6-7,9-12,16,23H,1-3,5,8,13-15,18H2,(H,28,31)(H,29,30). The molecule has 2 aliphatic rings. The molecule has 1 saturated heterocycles. The number of carbonyl (C=O) groups is 2. The molecule has 6 nitrogen and oxygen atoms in total. The molecular weight excluding hydrogens is 402 g/mol. The maximum absolute atomic E-state index is 13.3. The summed E-state index contributed by atoms with van der Waals surface area (Å²) >= 11 is 0. The zero-order valence-electron chi connectivity index (χ0n) is 18.2. The number of carbonyl (C=O) groups excluding carboxylic acids is 2. The van der Waals surface area contributed by atoms with Crippen LogP contribution in [0.1, 0.15) is 66.4 Å². The second kappa shape index (κ2) is 9.97. The lowest BCUT2D eigenvalue weighted by Gasteiger charge is -2.36. The van der Waals surface area contributed by atoms with Crippen molar-refractivity contribution >= 4 is 17.5 Å². The van der Waals surface area contributed by atoms with Gasteiger partial charge in [-0.1, -0.05) is 37.5 Å². The summed E-state index contributed by atoms with van der Waals surface area (Å²) in [5.74, 6) is -0.186. The number of hydrogen-bond acceptors (Lipinski definition) is 4. The van der Waals surface area contributed by atoms with Gasteiger partial charge in [0.05, 0.1) is 23.2 Å². The molecule has 1 heterocycles. The van der Waals surface area contributed by atoms with Crippen molar-refractivity contribution < 1.29 is 14.3 Å². The van der Waals surface area contributed by atoms with E-state index in [0.717, 1.165) is 57.1 Å². The average molecular weight is 432 g/mol. The summed E-state index contributed by atoms with van der Waals surface area (Å²) in [4.78, 5) is 25.9. The lowest BCUT2D eigenvalue weighted by Crippen LogP contribution is -2.47. The van der Waals surface area contributed by atoms with Crippen LogP contribution in [0.5, 0.6) is 0 Å². The third-order valence-electron chi connectivity index (χ3n) is 6.61. The maximum Gasteiger partial charge on any atom is 0.255 e. The number of anilines is 1. The number of nitrogens with zero attached hydrogens (tertiary/aromatic N) is 1. The Kier molecular flexibility index (Phi) is 6.87. The minimum atomic E-state index is -0.527. The molecule has 1 unspecified atom stereocenters. The minimum Gasteiger partial charge on any atom is -0.376 e. The quantitative estimate of drug-likeness (QED) is 0.713. The number of ether oxygens (including phenoxy) is 1. The third-order valence-corrected chi connectivity index (χ3v) is 6.61. The second-order valence-electron chi connectivity index (χ2n) is 8.71. The van der Waals surface area contributed by atoms with Crippen molar-refractivity contribution in [1.82, 2.24) is 5.32 Å². The number of nitriles is 1. The van der Waals surface area contributed by atoms with Gasteiger partial charge in [-0.3, -0.25) is 9.59 Å². The van der Waals surface area contributed by atoms with E-state index in [1.54, 1.807) is 24.3 Å². The first-order valence-corrected chi connectivity index (χ1v) is 11.4. The monoisotopic (exact) mass is 431 g/mol. The largest absolute Gasteiger partial charge is 0.376 e. The lowest BCUT2D eigenvalue weighted by atomic mass is 9.68. The number of amides is 2. The van der Waals surface area contributed by atoms with Crippen molar-refractivity contribution in [1.29, 1.82) is 5.26 Å². The summed E-state index contributed by atoms with van der Waals surface area (Å²) in [7, 11) is 0. The van der Waals surface area contributed by atoms with Gasteiger partial charge in [0.2, 0.25) is 5.91 Å². The van der Waals surface area contributed by atoms with Crippen molar-refractivity contribution in [3.63, 3.8) is 0 Å². The normalized spacial score (nSPS) is 19.7. The highest BCUT2D eigenvalue weighted by molar-refractivity contribution is 6.04. The van der Waals surface area contributed by atoms with Gasteiger partial charge in [-0.05, 0) is 61.6 Å². The molecule has 2 amide bonds. The molecule has 0 bridgehead atoms. The van der Waals surface area contributed by atoms with Gasteiger partial charge in [0, 0.05) is 24.4 Å². The lowest BCUT2D eigenvalue weighted by molar-refractivity contribution is -0.128. The zero-order chi connectivity index (χ0) is 22.4. The van der Waals surface area contributed by atoms with E-state index < -0.39 is 5.41 Å². The summed E-state index contributed by atoms with van der Waals surface area (Å²) in [5.41, 5.74) is 2.01. The molecule has 0 radical (unpaired) electrons. The fraction of sp³-hybridized carbons (Fsp3) is 0.423. The SMILES string of the molecule is N#Cc1cccc(C(=O)Nc2ccc(C3(C(=O)NCC4CCCO4)CCCCC3)cc2)c1. The highest BCUT2D eigenvalue weighted by Crippen LogP contribution is 2.40. The Labute approximate surface area is 189 Å². The van der Waals surface area contributed by atoms with E-state index in [4.69, 9.17) is 10.00 Å². The summed E-state index contributed by atoms with van der Waals surface area (Å²) in [6.07, 6.45) is 7.04. The molecule has 1 atom stereocenters. The summed E-state index contributed by atoms with van der Waals surface area (Å²) in [5, 5.41) is 15.1. The van der Waals surface area contributed by atoms with E-state index in [0.29, 0.717) is 23.4 Å². The van der Waals surface area contributed by atoms with Crippen molar-refractivity contribution in [3.8, 4) is 6.07 Å². The van der Waals surface area contributed by atoms with Gasteiger partial charge in [0.15, 0.2) is 0 Å². The van der Waals surface area contributed by atoms with Crippen molar-refractivity contribution in [2.45, 2.75) is 56.5 Å². The highest BCUT2D eigenvalue weighted by Gasteiger charge is 2.41. The predicted molar refractivity (Wildman–Crippen MR) is 122 cm³/mol. The van der Waals surface area contributed by atoms with E-state index in [1.807, 2.05) is 30.3 Å². The molecular formula is C26H29N3O3. The number of hydrogen-bond donors (Lipinski definition) is 2. The van der Waals surface area contributed by atoms with Crippen LogP contribution in [0, 0.1) is 11.3 Å². The first-order valence-electron chi connectivity index (χ1n) is 11.4. The van der Waals surface area contributed by atoms with Crippen LogP contribution in [0.15, 0.2) is 48.5 Å². The molecule has 6 heteroatoms. The van der Waals surface area contributed by atoms with Crippen LogP contribution in [-0.4, -0.2) is 31.1 Å². The molecule has 2 aromatic rings. The molecule has 1 saturated carbocycles. The van der Waals surface area contributed by atoms with Gasteiger partial charge in [0.25, 0.3) is 5.91 Å². The molecule has 2 fully saturated rings. The van der Waals surface area contributed by atoms with Gasteiger partial charge >= 0.3 is 0 Å². The van der Waals surface area contributed by atoms with Crippen LogP contribution in [0.4, 0.5) is 5.69 Å². The van der Waals surface area contributed by atoms with E-state index in [1.165, 1.54) is 0 Å². The Balaban J connectivity index is 1.47. The van der Waals surface area contributed by atoms with Crippen molar-refractivity contribution in [3.05, 3.63) is 65.2 Å². The van der Waals surface area contributed by atoms with E-state index >= 15 is 0 Å². The average Bonchev–Trinajstić information content (AvgIpc) is 3.37. The fourth-order valence-electron chi connectivity index (χ4n) is 4.79. The molecule has 2 N–H and O–H groups in total.